The van der Waals surface area contributed by atoms with Crippen molar-refractivity contribution in [1.82, 2.24) is 0 Å². The van der Waals surface area contributed by atoms with Crippen molar-refractivity contribution < 1.29 is 48.2 Å². The summed E-state index contributed by atoms with van der Waals surface area (Å²) in [5, 5.41) is 20.4. The van der Waals surface area contributed by atoms with Gasteiger partial charge in [-0.15, -0.1) is 0 Å². The van der Waals surface area contributed by atoms with Crippen molar-refractivity contribution in [1.29, 1.82) is 0 Å². The Morgan fingerprint density at radius 3 is 1.96 bits per heavy atom. The van der Waals surface area contributed by atoms with E-state index in [0.717, 1.165) is 38.5 Å². The van der Waals surface area contributed by atoms with Crippen molar-refractivity contribution in [3.63, 3.8) is 0 Å². The Hall–Kier alpha value is -1.81. The van der Waals surface area contributed by atoms with Crippen molar-refractivity contribution >= 4 is 19.8 Å². The Morgan fingerprint density at radius 1 is 0.696 bits per heavy atom. The Morgan fingerprint density at radius 2 is 1.30 bits per heavy atom. The first-order valence-corrected chi connectivity index (χ1v) is 18.8. The zero-order chi connectivity index (χ0) is 34.5. The van der Waals surface area contributed by atoms with Gasteiger partial charge in [0, 0.05) is 12.8 Å². The minimum Gasteiger partial charge on any atom is -0.462 e. The van der Waals surface area contributed by atoms with Crippen LogP contribution in [0.1, 0.15) is 136 Å². The van der Waals surface area contributed by atoms with E-state index in [1.54, 1.807) is 0 Å². The molecule has 0 aliphatic carbocycles. The number of hydrogen-bond acceptors (Lipinski definition) is 8. The lowest BCUT2D eigenvalue weighted by Crippen LogP contribution is -2.29. The molecule has 0 rings (SSSR count). The number of phosphoric ester groups is 1. The van der Waals surface area contributed by atoms with Gasteiger partial charge in [0.05, 0.1) is 18.8 Å². The minimum absolute atomic E-state index is 0.0470. The lowest BCUT2D eigenvalue weighted by Gasteiger charge is -2.19. The fourth-order valence-corrected chi connectivity index (χ4v) is 4.90. The number of esters is 2. The van der Waals surface area contributed by atoms with Crippen LogP contribution >= 0.6 is 7.82 Å². The van der Waals surface area contributed by atoms with E-state index in [0.29, 0.717) is 18.8 Å². The fourth-order valence-electron chi connectivity index (χ4n) is 4.54. The van der Waals surface area contributed by atoms with Crippen molar-refractivity contribution in [2.75, 3.05) is 13.2 Å². The molecule has 0 aromatic carbocycles. The van der Waals surface area contributed by atoms with Gasteiger partial charge >= 0.3 is 19.8 Å². The van der Waals surface area contributed by atoms with Crippen molar-refractivity contribution in [2.45, 2.75) is 155 Å². The van der Waals surface area contributed by atoms with E-state index < -0.39 is 51.3 Å². The van der Waals surface area contributed by atoms with Gasteiger partial charge in [0.25, 0.3) is 0 Å². The molecule has 0 radical (unpaired) electrons. The van der Waals surface area contributed by atoms with E-state index in [9.17, 15) is 24.4 Å². The van der Waals surface area contributed by atoms with E-state index in [-0.39, 0.29) is 25.7 Å². The number of aliphatic hydroxyl groups excluding tert-OH is 2. The van der Waals surface area contributed by atoms with E-state index in [2.05, 4.69) is 49.6 Å². The van der Waals surface area contributed by atoms with E-state index in [1.165, 1.54) is 38.5 Å². The maximum Gasteiger partial charge on any atom is 0.469 e. The van der Waals surface area contributed by atoms with Crippen LogP contribution in [0.4, 0.5) is 0 Å². The number of aliphatic hydroxyl groups is 2. The third-order valence-corrected chi connectivity index (χ3v) is 7.78. The molecule has 0 amide bonds. The van der Waals surface area contributed by atoms with Gasteiger partial charge in [-0.05, 0) is 57.3 Å². The molecule has 0 aromatic rings. The normalized spacial score (nSPS) is 14.4. The molecular weight excluding hydrogens is 611 g/mol. The summed E-state index contributed by atoms with van der Waals surface area (Å²) in [5.41, 5.74) is 0. The number of hydrogen-bond donors (Lipinski definition) is 4. The molecule has 0 aliphatic heterocycles. The zero-order valence-electron chi connectivity index (χ0n) is 28.6. The minimum atomic E-state index is -4.81. The van der Waals surface area contributed by atoms with Gasteiger partial charge in [0.15, 0.2) is 6.10 Å². The number of allylic oxidation sites excluding steroid dienone is 5. The molecule has 0 aliphatic rings. The Balaban J connectivity index is 4.28. The Bertz CT molecular complexity index is 896. The number of rotatable bonds is 30. The molecule has 10 nitrogen and oxygen atoms in total. The largest absolute Gasteiger partial charge is 0.469 e. The highest BCUT2D eigenvalue weighted by Crippen LogP contribution is 2.36. The highest BCUT2D eigenvalue weighted by atomic mass is 31.2. The first-order chi connectivity index (χ1) is 21.9. The quantitative estimate of drug-likeness (QED) is 0.0258. The lowest BCUT2D eigenvalue weighted by atomic mass is 10.0. The number of ether oxygens (including phenoxy) is 2. The molecule has 268 valence electrons. The SMILES string of the molecule is CCCCC/C=C\C/C=C\C/C=C\CC(O)C(O)CCCC(=O)OC[C@H](COP(=O)(O)O)OC(=O)CCCCCCCCC(C)C. The first-order valence-electron chi connectivity index (χ1n) is 17.3. The third-order valence-electron chi connectivity index (χ3n) is 7.29. The van der Waals surface area contributed by atoms with Crippen LogP contribution in [0.25, 0.3) is 0 Å². The Labute approximate surface area is 277 Å². The summed E-state index contributed by atoms with van der Waals surface area (Å²) in [7, 11) is -4.81. The second-order valence-electron chi connectivity index (χ2n) is 12.3. The molecule has 0 saturated carbocycles. The molecule has 0 fully saturated rings. The maximum atomic E-state index is 12.3. The monoisotopic (exact) mass is 674 g/mol. The summed E-state index contributed by atoms with van der Waals surface area (Å²) in [5.74, 6) is -0.474. The number of phosphoric acid groups is 1. The van der Waals surface area contributed by atoms with Gasteiger partial charge in [-0.25, -0.2) is 4.57 Å². The Kier molecular flexibility index (Phi) is 28.2. The highest BCUT2D eigenvalue weighted by molar-refractivity contribution is 7.46. The summed E-state index contributed by atoms with van der Waals surface area (Å²) < 4.78 is 26.0. The topological polar surface area (TPSA) is 160 Å². The molecule has 2 unspecified atom stereocenters. The lowest BCUT2D eigenvalue weighted by molar-refractivity contribution is -0.161. The van der Waals surface area contributed by atoms with Crippen molar-refractivity contribution in [3.05, 3.63) is 36.5 Å². The summed E-state index contributed by atoms with van der Waals surface area (Å²) >= 11 is 0. The van der Waals surface area contributed by atoms with Gasteiger partial charge in [-0.2, -0.15) is 0 Å². The summed E-state index contributed by atoms with van der Waals surface area (Å²) in [6.45, 7) is 5.57. The van der Waals surface area contributed by atoms with Crippen LogP contribution in [0.2, 0.25) is 0 Å². The van der Waals surface area contributed by atoms with Crippen LogP contribution in [-0.2, 0) is 28.2 Å². The molecule has 0 spiro atoms. The van der Waals surface area contributed by atoms with Crippen LogP contribution in [0, 0.1) is 5.92 Å². The van der Waals surface area contributed by atoms with Crippen LogP contribution in [0.5, 0.6) is 0 Å². The van der Waals surface area contributed by atoms with Gasteiger partial charge in [-0.1, -0.05) is 109 Å². The summed E-state index contributed by atoms with van der Waals surface area (Å²) in [4.78, 5) is 42.5. The molecule has 0 heterocycles. The predicted octanol–water partition coefficient (Wildman–Crippen LogP) is 7.64. The highest BCUT2D eigenvalue weighted by Gasteiger charge is 2.23. The number of carbonyl (C=O) groups is 2. The molecule has 4 N–H and O–H groups in total. The van der Waals surface area contributed by atoms with Crippen LogP contribution < -0.4 is 0 Å². The van der Waals surface area contributed by atoms with Crippen LogP contribution in [0.3, 0.4) is 0 Å². The zero-order valence-corrected chi connectivity index (χ0v) is 29.5. The smallest absolute Gasteiger partial charge is 0.462 e. The number of carbonyl (C=O) groups excluding carboxylic acids is 2. The van der Waals surface area contributed by atoms with Crippen molar-refractivity contribution in [2.24, 2.45) is 5.92 Å². The average Bonchev–Trinajstić information content (AvgIpc) is 2.99. The molecule has 0 aromatic heterocycles. The molecular formula is C35H63O10P. The maximum absolute atomic E-state index is 12.3. The predicted molar refractivity (Wildman–Crippen MR) is 182 cm³/mol. The summed E-state index contributed by atoms with van der Waals surface area (Å²) in [6, 6.07) is 0. The van der Waals surface area contributed by atoms with Crippen molar-refractivity contribution in [3.8, 4) is 0 Å². The first kappa shape index (κ1) is 44.2. The second kappa shape index (κ2) is 29.3. The fraction of sp³-hybridized carbons (Fsp3) is 0.771. The molecule has 0 bridgehead atoms. The van der Waals surface area contributed by atoms with E-state index in [4.69, 9.17) is 19.3 Å². The molecule has 46 heavy (non-hydrogen) atoms. The molecule has 3 atom stereocenters. The van der Waals surface area contributed by atoms with Gasteiger partial charge in [-0.3, -0.25) is 14.1 Å². The van der Waals surface area contributed by atoms with Gasteiger partial charge < -0.3 is 29.5 Å². The van der Waals surface area contributed by atoms with Gasteiger partial charge in [0.2, 0.25) is 0 Å². The average molecular weight is 675 g/mol. The second-order valence-corrected chi connectivity index (χ2v) is 13.5. The number of unbranched alkanes of at least 4 members (excludes halogenated alkanes) is 8. The van der Waals surface area contributed by atoms with E-state index in [1.807, 2.05) is 12.2 Å². The van der Waals surface area contributed by atoms with Crippen LogP contribution in [0.15, 0.2) is 36.5 Å². The standard InChI is InChI=1S/C35H63O10P/c1-4-5-6-7-8-9-10-11-12-13-17-20-24-32(36)33(37)25-22-27-34(38)43-28-31(29-44-46(40,41)42)45-35(39)26-21-18-15-14-16-19-23-30(2)3/h8-9,11-12,17,20,30-33,36-37H,4-7,10,13-16,18-19,21-29H2,1-3H3,(H2,40,41,42)/b9-8-,12-11-,20-17-/t31-,32?,33?/m1/s1. The molecule has 0 saturated heterocycles. The van der Waals surface area contributed by atoms with Gasteiger partial charge in [0.1, 0.15) is 6.61 Å². The third kappa shape index (κ3) is 30.8. The molecule has 11 heteroatoms. The van der Waals surface area contributed by atoms with E-state index >= 15 is 0 Å². The van der Waals surface area contributed by atoms with Crippen LogP contribution in [-0.4, -0.2) is 63.5 Å². The summed E-state index contributed by atoms with van der Waals surface area (Å²) in [6.07, 6.45) is 23.7.